The molecule has 14 heavy (non-hydrogen) atoms. The Kier molecular flexibility index (Phi) is 2.60. The summed E-state index contributed by atoms with van der Waals surface area (Å²) >= 11 is 1.48. The normalized spacial score (nSPS) is 10.9. The van der Waals surface area contributed by atoms with Gasteiger partial charge < -0.3 is 4.74 Å². The second kappa shape index (κ2) is 3.89. The Morgan fingerprint density at radius 2 is 2.50 bits per heavy atom. The van der Waals surface area contributed by atoms with Crippen LogP contribution in [0.4, 0.5) is 0 Å². The molecular formula is C9H10N2O2S. The molecule has 74 valence electrons. The number of hydrogen-bond acceptors (Lipinski definition) is 4. The summed E-state index contributed by atoms with van der Waals surface area (Å²) in [6.07, 6.45) is 1.57. The summed E-state index contributed by atoms with van der Waals surface area (Å²) in [6.45, 7) is 1.07. The summed E-state index contributed by atoms with van der Waals surface area (Å²) in [5.74, 6) is 0. The van der Waals surface area contributed by atoms with Gasteiger partial charge in [0.1, 0.15) is 4.83 Å². The Hall–Kier alpha value is -1.20. The van der Waals surface area contributed by atoms with Gasteiger partial charge >= 0.3 is 0 Å². The van der Waals surface area contributed by atoms with Crippen LogP contribution in [0, 0.1) is 0 Å². The first-order chi connectivity index (χ1) is 6.83. The zero-order valence-electron chi connectivity index (χ0n) is 7.77. The van der Waals surface area contributed by atoms with E-state index in [-0.39, 0.29) is 5.56 Å². The fraction of sp³-hybridized carbons (Fsp3) is 0.333. The number of fused-ring (bicyclic) bond motifs is 1. The number of nitrogens with zero attached hydrogens (tertiary/aromatic N) is 2. The first-order valence-corrected chi connectivity index (χ1v) is 5.12. The van der Waals surface area contributed by atoms with Gasteiger partial charge in [-0.3, -0.25) is 9.36 Å². The van der Waals surface area contributed by atoms with Gasteiger partial charge in [0, 0.05) is 7.11 Å². The number of thiophene rings is 1. The minimum Gasteiger partial charge on any atom is -0.383 e. The van der Waals surface area contributed by atoms with Crippen molar-refractivity contribution in [2.45, 2.75) is 6.54 Å². The van der Waals surface area contributed by atoms with E-state index in [0.29, 0.717) is 18.5 Å². The van der Waals surface area contributed by atoms with Crippen molar-refractivity contribution in [1.29, 1.82) is 0 Å². The zero-order valence-corrected chi connectivity index (χ0v) is 8.58. The molecule has 0 amide bonds. The lowest BCUT2D eigenvalue weighted by Gasteiger charge is -2.02. The van der Waals surface area contributed by atoms with Crippen LogP contribution in [-0.4, -0.2) is 23.3 Å². The van der Waals surface area contributed by atoms with Crippen LogP contribution in [0.2, 0.25) is 0 Å². The molecule has 0 atom stereocenters. The van der Waals surface area contributed by atoms with E-state index in [1.54, 1.807) is 24.1 Å². The highest BCUT2D eigenvalue weighted by Crippen LogP contribution is 2.12. The van der Waals surface area contributed by atoms with Gasteiger partial charge in [0.05, 0.1) is 24.9 Å². The molecule has 0 aromatic carbocycles. The Bertz CT molecular complexity index is 489. The van der Waals surface area contributed by atoms with Crippen molar-refractivity contribution in [3.63, 3.8) is 0 Å². The van der Waals surface area contributed by atoms with Gasteiger partial charge in [0.2, 0.25) is 0 Å². The molecule has 0 saturated heterocycles. The molecule has 2 aromatic rings. The van der Waals surface area contributed by atoms with Crippen molar-refractivity contribution in [2.24, 2.45) is 0 Å². The van der Waals surface area contributed by atoms with Crippen molar-refractivity contribution < 1.29 is 4.74 Å². The van der Waals surface area contributed by atoms with Crippen LogP contribution in [0.1, 0.15) is 0 Å². The maximum absolute atomic E-state index is 11.8. The number of ether oxygens (including phenoxy) is 1. The maximum Gasteiger partial charge on any atom is 0.262 e. The van der Waals surface area contributed by atoms with Gasteiger partial charge in [-0.25, -0.2) is 4.98 Å². The Morgan fingerprint density at radius 1 is 1.64 bits per heavy atom. The molecular weight excluding hydrogens is 200 g/mol. The van der Waals surface area contributed by atoms with Crippen LogP contribution >= 0.6 is 11.3 Å². The SMILES string of the molecule is COCCn1cnc2sccc2c1=O. The molecule has 0 radical (unpaired) electrons. The molecule has 2 rings (SSSR count). The van der Waals surface area contributed by atoms with Gasteiger partial charge in [-0.15, -0.1) is 11.3 Å². The van der Waals surface area contributed by atoms with E-state index in [2.05, 4.69) is 4.98 Å². The largest absolute Gasteiger partial charge is 0.383 e. The van der Waals surface area contributed by atoms with Crippen molar-refractivity contribution in [1.82, 2.24) is 9.55 Å². The molecule has 4 nitrogen and oxygen atoms in total. The Labute approximate surface area is 84.8 Å². The molecule has 0 aliphatic carbocycles. The summed E-state index contributed by atoms with van der Waals surface area (Å²) in [5, 5.41) is 2.56. The fourth-order valence-electron chi connectivity index (χ4n) is 1.24. The number of aromatic nitrogens is 2. The predicted octanol–water partition coefficient (Wildman–Crippen LogP) is 1.10. The van der Waals surface area contributed by atoms with Crippen molar-refractivity contribution in [3.8, 4) is 0 Å². The van der Waals surface area contributed by atoms with Gasteiger partial charge in [-0.05, 0) is 11.4 Å². The Morgan fingerprint density at radius 3 is 3.29 bits per heavy atom. The lowest BCUT2D eigenvalue weighted by Crippen LogP contribution is -2.21. The van der Waals surface area contributed by atoms with Crippen molar-refractivity contribution in [2.75, 3.05) is 13.7 Å². The maximum atomic E-state index is 11.8. The second-order valence-corrected chi connectivity index (χ2v) is 3.77. The predicted molar refractivity (Wildman–Crippen MR) is 55.8 cm³/mol. The molecule has 0 spiro atoms. The number of hydrogen-bond donors (Lipinski definition) is 0. The van der Waals surface area contributed by atoms with Crippen molar-refractivity contribution >= 4 is 21.6 Å². The van der Waals surface area contributed by atoms with Gasteiger partial charge in [-0.1, -0.05) is 0 Å². The molecule has 0 aliphatic heterocycles. The lowest BCUT2D eigenvalue weighted by atomic mass is 10.4. The lowest BCUT2D eigenvalue weighted by molar-refractivity contribution is 0.186. The van der Waals surface area contributed by atoms with E-state index in [9.17, 15) is 4.79 Å². The third kappa shape index (κ3) is 1.56. The quantitative estimate of drug-likeness (QED) is 0.762. The van der Waals surface area contributed by atoms with Crippen LogP contribution in [0.15, 0.2) is 22.6 Å². The highest BCUT2D eigenvalue weighted by atomic mass is 32.1. The molecule has 0 saturated carbocycles. The van der Waals surface area contributed by atoms with Crippen LogP contribution in [0.25, 0.3) is 10.2 Å². The van der Waals surface area contributed by atoms with E-state index >= 15 is 0 Å². The topological polar surface area (TPSA) is 44.1 Å². The highest BCUT2D eigenvalue weighted by Gasteiger charge is 2.03. The fourth-order valence-corrected chi connectivity index (χ4v) is 1.97. The van der Waals surface area contributed by atoms with Gasteiger partial charge in [0.15, 0.2) is 0 Å². The third-order valence-electron chi connectivity index (χ3n) is 1.99. The van der Waals surface area contributed by atoms with Gasteiger partial charge in [-0.2, -0.15) is 0 Å². The minimum atomic E-state index is 0.00769. The summed E-state index contributed by atoms with van der Waals surface area (Å²) in [4.78, 5) is 16.7. The minimum absolute atomic E-state index is 0.00769. The van der Waals surface area contributed by atoms with E-state index in [4.69, 9.17) is 4.74 Å². The molecule has 5 heteroatoms. The highest BCUT2D eigenvalue weighted by molar-refractivity contribution is 7.16. The average molecular weight is 210 g/mol. The molecule has 2 heterocycles. The summed E-state index contributed by atoms with van der Waals surface area (Å²) in [7, 11) is 1.61. The first-order valence-electron chi connectivity index (χ1n) is 4.24. The first kappa shape index (κ1) is 9.36. The molecule has 0 N–H and O–H groups in total. The van der Waals surface area contributed by atoms with Crippen LogP contribution in [0.5, 0.6) is 0 Å². The zero-order chi connectivity index (χ0) is 9.97. The molecule has 0 bridgehead atoms. The van der Waals surface area contributed by atoms with E-state index in [0.717, 1.165) is 4.83 Å². The number of methoxy groups -OCH3 is 1. The molecule has 0 aliphatic rings. The van der Waals surface area contributed by atoms with E-state index in [1.807, 2.05) is 5.38 Å². The Balaban J connectivity index is 2.46. The standard InChI is InChI=1S/C9H10N2O2S/c1-13-4-3-11-6-10-8-7(9(11)12)2-5-14-8/h2,5-6H,3-4H2,1H3. The average Bonchev–Trinajstić information content (AvgIpc) is 2.66. The molecule has 2 aromatic heterocycles. The van der Waals surface area contributed by atoms with Crippen LogP contribution in [-0.2, 0) is 11.3 Å². The molecule has 0 unspecified atom stereocenters. The van der Waals surface area contributed by atoms with Crippen molar-refractivity contribution in [3.05, 3.63) is 28.1 Å². The third-order valence-corrected chi connectivity index (χ3v) is 2.81. The van der Waals surface area contributed by atoms with E-state index in [1.165, 1.54) is 11.3 Å². The summed E-state index contributed by atoms with van der Waals surface area (Å²) in [5.41, 5.74) is 0.00769. The van der Waals surface area contributed by atoms with Gasteiger partial charge in [0.25, 0.3) is 5.56 Å². The monoisotopic (exact) mass is 210 g/mol. The summed E-state index contributed by atoms with van der Waals surface area (Å²) in [6, 6.07) is 1.80. The van der Waals surface area contributed by atoms with E-state index < -0.39 is 0 Å². The number of rotatable bonds is 3. The second-order valence-electron chi connectivity index (χ2n) is 2.88. The van der Waals surface area contributed by atoms with Crippen LogP contribution in [0.3, 0.4) is 0 Å². The van der Waals surface area contributed by atoms with Crippen LogP contribution < -0.4 is 5.56 Å². The summed E-state index contributed by atoms with van der Waals surface area (Å²) < 4.78 is 6.48. The smallest absolute Gasteiger partial charge is 0.262 e. The molecule has 0 fully saturated rings.